The molecule has 1 amide bonds. The predicted molar refractivity (Wildman–Crippen MR) is 181 cm³/mol. The van der Waals surface area contributed by atoms with E-state index in [0.29, 0.717) is 23.4 Å². The van der Waals surface area contributed by atoms with Gasteiger partial charge >= 0.3 is 11.7 Å². The van der Waals surface area contributed by atoms with Gasteiger partial charge in [0.25, 0.3) is 0 Å². The standard InChI is InChI=1S/C37H54N2O4/c1-4-7-8-9-10-11-12-13-14-15-16-17-18-19-20-27-42-37(41)38-32-24-21-30(22-25-32)34-28-31-23-26-33(39(5-2)6-3)29-35(31)43-36(34)40/h21-26,28-29H,4-20,27H2,1-3H3,(H,38,41). The second-order valence-corrected chi connectivity index (χ2v) is 11.6. The highest BCUT2D eigenvalue weighted by Crippen LogP contribution is 2.26. The molecular formula is C37H54N2O4. The van der Waals surface area contributed by atoms with Crippen LogP contribution in [0.4, 0.5) is 16.2 Å². The number of carbonyl (C=O) groups excluding carboxylic acids is 1. The van der Waals surface area contributed by atoms with E-state index in [2.05, 4.69) is 37.1 Å². The summed E-state index contributed by atoms with van der Waals surface area (Å²) in [6.45, 7) is 8.68. The van der Waals surface area contributed by atoms with Crippen LogP contribution in [-0.2, 0) is 4.74 Å². The highest BCUT2D eigenvalue weighted by Gasteiger charge is 2.11. The number of ether oxygens (including phenoxy) is 1. The molecule has 0 saturated carbocycles. The highest BCUT2D eigenvalue weighted by atomic mass is 16.5. The van der Waals surface area contributed by atoms with Gasteiger partial charge in [0.15, 0.2) is 0 Å². The molecule has 1 aromatic heterocycles. The number of amides is 1. The summed E-state index contributed by atoms with van der Waals surface area (Å²) in [5, 5.41) is 3.65. The Labute approximate surface area is 259 Å². The Balaban J connectivity index is 1.30. The maximum absolute atomic E-state index is 12.8. The second kappa shape index (κ2) is 19.8. The number of unbranched alkanes of at least 4 members (excludes halogenated alkanes) is 14. The molecule has 3 aromatic rings. The van der Waals surface area contributed by atoms with Crippen LogP contribution in [0, 0.1) is 0 Å². The molecule has 0 unspecified atom stereocenters. The van der Waals surface area contributed by atoms with Gasteiger partial charge in [-0.1, -0.05) is 109 Å². The number of nitrogens with one attached hydrogen (secondary N) is 1. The van der Waals surface area contributed by atoms with Crippen LogP contribution in [0.1, 0.15) is 117 Å². The number of fused-ring (bicyclic) bond motifs is 1. The van der Waals surface area contributed by atoms with Crippen molar-refractivity contribution < 1.29 is 13.9 Å². The Morgan fingerprint density at radius 2 is 1.28 bits per heavy atom. The molecule has 236 valence electrons. The fourth-order valence-electron chi connectivity index (χ4n) is 5.61. The molecule has 0 bridgehead atoms. The zero-order chi connectivity index (χ0) is 30.7. The van der Waals surface area contributed by atoms with Crippen LogP contribution in [0.5, 0.6) is 0 Å². The Bertz CT molecular complexity index is 1260. The van der Waals surface area contributed by atoms with Crippen molar-refractivity contribution in [1.82, 2.24) is 0 Å². The predicted octanol–water partition coefficient (Wildman–Crippen LogP) is 10.7. The van der Waals surface area contributed by atoms with E-state index < -0.39 is 6.09 Å². The van der Waals surface area contributed by atoms with Crippen LogP contribution >= 0.6 is 0 Å². The minimum absolute atomic E-state index is 0.382. The lowest BCUT2D eigenvalue weighted by molar-refractivity contribution is 0.159. The van der Waals surface area contributed by atoms with Crippen molar-refractivity contribution in [1.29, 1.82) is 0 Å². The molecule has 0 aliphatic heterocycles. The van der Waals surface area contributed by atoms with Crippen molar-refractivity contribution in [3.63, 3.8) is 0 Å². The van der Waals surface area contributed by atoms with Gasteiger partial charge in [-0.3, -0.25) is 5.32 Å². The monoisotopic (exact) mass is 590 g/mol. The minimum Gasteiger partial charge on any atom is -0.449 e. The molecule has 3 rings (SSSR count). The van der Waals surface area contributed by atoms with Gasteiger partial charge in [-0.05, 0) is 56.2 Å². The Morgan fingerprint density at radius 1 is 0.721 bits per heavy atom. The van der Waals surface area contributed by atoms with E-state index >= 15 is 0 Å². The number of hydrogen-bond acceptors (Lipinski definition) is 5. The summed E-state index contributed by atoms with van der Waals surface area (Å²) in [4.78, 5) is 27.2. The SMILES string of the molecule is CCCCCCCCCCCCCCCCCOC(=O)Nc1ccc(-c2cc3ccc(N(CC)CC)cc3oc2=O)cc1. The van der Waals surface area contributed by atoms with Gasteiger partial charge in [0.1, 0.15) is 5.58 Å². The van der Waals surface area contributed by atoms with Crippen molar-refractivity contribution in [2.75, 3.05) is 29.9 Å². The third-order valence-electron chi connectivity index (χ3n) is 8.27. The zero-order valence-electron chi connectivity index (χ0n) is 26.9. The third-order valence-corrected chi connectivity index (χ3v) is 8.27. The molecule has 6 nitrogen and oxygen atoms in total. The quantitative estimate of drug-likeness (QED) is 0.0987. The maximum Gasteiger partial charge on any atom is 0.411 e. The summed E-state index contributed by atoms with van der Waals surface area (Å²) >= 11 is 0. The lowest BCUT2D eigenvalue weighted by atomic mass is 10.0. The largest absolute Gasteiger partial charge is 0.449 e. The molecule has 1 heterocycles. The smallest absolute Gasteiger partial charge is 0.411 e. The Kier molecular flexibility index (Phi) is 15.8. The number of carbonyl (C=O) groups is 1. The molecule has 0 spiro atoms. The molecule has 0 saturated heterocycles. The van der Waals surface area contributed by atoms with E-state index in [0.717, 1.165) is 42.6 Å². The fraction of sp³-hybridized carbons (Fsp3) is 0.568. The van der Waals surface area contributed by atoms with Gasteiger partial charge < -0.3 is 14.1 Å². The van der Waals surface area contributed by atoms with E-state index in [1.165, 1.54) is 83.5 Å². The lowest BCUT2D eigenvalue weighted by Gasteiger charge is -2.21. The molecule has 0 radical (unpaired) electrons. The maximum atomic E-state index is 12.8. The summed E-state index contributed by atoms with van der Waals surface area (Å²) < 4.78 is 11.0. The molecule has 0 atom stereocenters. The van der Waals surface area contributed by atoms with Crippen molar-refractivity contribution in [2.24, 2.45) is 0 Å². The zero-order valence-corrected chi connectivity index (χ0v) is 26.9. The van der Waals surface area contributed by atoms with Crippen LogP contribution in [0.15, 0.2) is 57.7 Å². The third kappa shape index (κ3) is 12.1. The molecule has 1 N–H and O–H groups in total. The first kappa shape index (κ1) is 34.2. The number of rotatable bonds is 21. The van der Waals surface area contributed by atoms with E-state index in [1.54, 1.807) is 12.1 Å². The molecule has 0 aliphatic carbocycles. The Hall–Kier alpha value is -3.28. The van der Waals surface area contributed by atoms with Crippen LogP contribution in [0.25, 0.3) is 22.1 Å². The summed E-state index contributed by atoms with van der Waals surface area (Å²) in [5.41, 5.74) is 3.08. The van der Waals surface area contributed by atoms with E-state index in [-0.39, 0.29) is 5.63 Å². The number of nitrogens with zero attached hydrogens (tertiary/aromatic N) is 1. The van der Waals surface area contributed by atoms with Crippen molar-refractivity contribution in [2.45, 2.75) is 117 Å². The average molecular weight is 591 g/mol. The second-order valence-electron chi connectivity index (χ2n) is 11.6. The van der Waals surface area contributed by atoms with Gasteiger partial charge in [-0.25, -0.2) is 9.59 Å². The van der Waals surface area contributed by atoms with E-state index in [9.17, 15) is 9.59 Å². The van der Waals surface area contributed by atoms with Crippen LogP contribution in [0.3, 0.4) is 0 Å². The number of anilines is 2. The molecule has 43 heavy (non-hydrogen) atoms. The molecule has 6 heteroatoms. The fourth-order valence-corrected chi connectivity index (χ4v) is 5.61. The summed E-state index contributed by atoms with van der Waals surface area (Å²) in [6, 6.07) is 15.0. The first-order valence-electron chi connectivity index (χ1n) is 16.9. The minimum atomic E-state index is -0.452. The van der Waals surface area contributed by atoms with Crippen molar-refractivity contribution in [3.8, 4) is 11.1 Å². The van der Waals surface area contributed by atoms with Crippen molar-refractivity contribution >= 4 is 28.4 Å². The number of hydrogen-bond donors (Lipinski definition) is 1. The van der Waals surface area contributed by atoms with Crippen LogP contribution in [-0.4, -0.2) is 25.8 Å². The van der Waals surface area contributed by atoms with Gasteiger partial charge in [-0.15, -0.1) is 0 Å². The molecule has 0 fully saturated rings. The van der Waals surface area contributed by atoms with Crippen LogP contribution in [0.2, 0.25) is 0 Å². The van der Waals surface area contributed by atoms with Gasteiger partial charge in [0.2, 0.25) is 0 Å². The first-order chi connectivity index (χ1) is 21.0. The molecule has 0 aliphatic rings. The van der Waals surface area contributed by atoms with Crippen LogP contribution < -0.4 is 15.8 Å². The first-order valence-corrected chi connectivity index (χ1v) is 16.9. The summed E-state index contributed by atoms with van der Waals surface area (Å²) in [7, 11) is 0. The number of benzene rings is 2. The highest BCUT2D eigenvalue weighted by molar-refractivity contribution is 5.86. The lowest BCUT2D eigenvalue weighted by Crippen LogP contribution is -2.21. The van der Waals surface area contributed by atoms with Gasteiger partial charge in [0.05, 0.1) is 12.2 Å². The molecular weight excluding hydrogens is 536 g/mol. The summed E-state index contributed by atoms with van der Waals surface area (Å²) in [6.07, 6.45) is 19.2. The average Bonchev–Trinajstić information content (AvgIpc) is 3.01. The van der Waals surface area contributed by atoms with Gasteiger partial charge in [0, 0.05) is 35.9 Å². The summed E-state index contributed by atoms with van der Waals surface area (Å²) in [5.74, 6) is 0. The molecule has 2 aromatic carbocycles. The normalized spacial score (nSPS) is 11.1. The Morgan fingerprint density at radius 3 is 1.84 bits per heavy atom. The van der Waals surface area contributed by atoms with E-state index in [1.807, 2.05) is 30.3 Å². The van der Waals surface area contributed by atoms with Crippen molar-refractivity contribution in [3.05, 3.63) is 59.0 Å². The van der Waals surface area contributed by atoms with E-state index in [4.69, 9.17) is 9.15 Å². The topological polar surface area (TPSA) is 71.8 Å². The van der Waals surface area contributed by atoms with Gasteiger partial charge in [-0.2, -0.15) is 0 Å².